The van der Waals surface area contributed by atoms with Crippen molar-refractivity contribution < 1.29 is 13.9 Å². The Morgan fingerprint density at radius 3 is 2.71 bits per heavy atom. The SMILES string of the molecule is COC(=O)C(C)NC(C)c1cc(Br)ccc1F. The van der Waals surface area contributed by atoms with E-state index >= 15 is 0 Å². The van der Waals surface area contributed by atoms with Crippen molar-refractivity contribution in [2.24, 2.45) is 0 Å². The number of esters is 1. The molecule has 0 fully saturated rings. The lowest BCUT2D eigenvalue weighted by Crippen LogP contribution is -2.36. The summed E-state index contributed by atoms with van der Waals surface area (Å²) in [5.41, 5.74) is 0.509. The van der Waals surface area contributed by atoms with Gasteiger partial charge in [-0.1, -0.05) is 15.9 Å². The molecule has 0 radical (unpaired) electrons. The third-order valence-corrected chi connectivity index (χ3v) is 2.97. The Labute approximate surface area is 108 Å². The molecule has 0 saturated heterocycles. The number of hydrogen-bond donors (Lipinski definition) is 1. The van der Waals surface area contributed by atoms with Crippen molar-refractivity contribution >= 4 is 21.9 Å². The number of carbonyl (C=O) groups excluding carboxylic acids is 1. The molecule has 0 saturated carbocycles. The second-order valence-electron chi connectivity index (χ2n) is 3.80. The highest BCUT2D eigenvalue weighted by Gasteiger charge is 2.18. The van der Waals surface area contributed by atoms with Crippen LogP contribution in [0.5, 0.6) is 0 Å². The largest absolute Gasteiger partial charge is 0.468 e. The third-order valence-electron chi connectivity index (χ3n) is 2.48. The Bertz CT molecular complexity index is 411. The second kappa shape index (κ2) is 6.12. The van der Waals surface area contributed by atoms with Crippen LogP contribution in [-0.2, 0) is 9.53 Å². The van der Waals surface area contributed by atoms with Gasteiger partial charge in [0.2, 0.25) is 0 Å². The van der Waals surface area contributed by atoms with E-state index < -0.39 is 6.04 Å². The summed E-state index contributed by atoms with van der Waals surface area (Å²) in [6, 6.07) is 3.96. The van der Waals surface area contributed by atoms with Crippen LogP contribution in [0.3, 0.4) is 0 Å². The van der Waals surface area contributed by atoms with E-state index in [2.05, 4.69) is 26.0 Å². The molecular formula is C12H15BrFNO2. The summed E-state index contributed by atoms with van der Waals surface area (Å²) >= 11 is 3.29. The van der Waals surface area contributed by atoms with E-state index in [1.54, 1.807) is 26.0 Å². The van der Waals surface area contributed by atoms with E-state index in [9.17, 15) is 9.18 Å². The molecule has 5 heteroatoms. The van der Waals surface area contributed by atoms with E-state index in [-0.39, 0.29) is 17.8 Å². The number of halogens is 2. The van der Waals surface area contributed by atoms with E-state index in [0.29, 0.717) is 5.56 Å². The van der Waals surface area contributed by atoms with Crippen molar-refractivity contribution in [3.05, 3.63) is 34.1 Å². The molecule has 0 aromatic heterocycles. The van der Waals surface area contributed by atoms with Gasteiger partial charge < -0.3 is 4.74 Å². The first kappa shape index (κ1) is 14.1. The molecule has 1 aromatic rings. The van der Waals surface area contributed by atoms with Crippen LogP contribution in [0.1, 0.15) is 25.5 Å². The fraction of sp³-hybridized carbons (Fsp3) is 0.417. The average molecular weight is 304 g/mol. The maximum absolute atomic E-state index is 13.6. The zero-order chi connectivity index (χ0) is 13.0. The van der Waals surface area contributed by atoms with Gasteiger partial charge in [-0.25, -0.2) is 4.39 Å². The molecule has 0 bridgehead atoms. The van der Waals surface area contributed by atoms with Crippen molar-refractivity contribution in [1.82, 2.24) is 5.32 Å². The zero-order valence-corrected chi connectivity index (χ0v) is 11.5. The predicted octanol–water partition coefficient (Wildman–Crippen LogP) is 2.80. The molecule has 2 atom stereocenters. The Hall–Kier alpha value is -0.940. The van der Waals surface area contributed by atoms with Crippen LogP contribution >= 0.6 is 15.9 Å². The summed E-state index contributed by atoms with van der Waals surface area (Å²) in [7, 11) is 1.32. The summed E-state index contributed by atoms with van der Waals surface area (Å²) in [5.74, 6) is -0.669. The summed E-state index contributed by atoms with van der Waals surface area (Å²) < 4.78 is 19.0. The highest BCUT2D eigenvalue weighted by molar-refractivity contribution is 9.10. The van der Waals surface area contributed by atoms with Crippen molar-refractivity contribution in [3.63, 3.8) is 0 Å². The van der Waals surface area contributed by atoms with Gasteiger partial charge in [-0.05, 0) is 32.0 Å². The van der Waals surface area contributed by atoms with Crippen LogP contribution in [0.25, 0.3) is 0 Å². The molecule has 0 aliphatic heterocycles. The molecule has 0 aliphatic rings. The monoisotopic (exact) mass is 303 g/mol. The van der Waals surface area contributed by atoms with E-state index in [1.807, 2.05) is 0 Å². The molecule has 1 rings (SSSR count). The lowest BCUT2D eigenvalue weighted by Gasteiger charge is -2.19. The first-order valence-electron chi connectivity index (χ1n) is 5.24. The summed E-state index contributed by atoms with van der Waals surface area (Å²) in [5, 5.41) is 2.98. The topological polar surface area (TPSA) is 38.3 Å². The van der Waals surface area contributed by atoms with E-state index in [0.717, 1.165) is 4.47 Å². The number of rotatable bonds is 4. The first-order valence-corrected chi connectivity index (χ1v) is 6.03. The smallest absolute Gasteiger partial charge is 0.322 e. The second-order valence-corrected chi connectivity index (χ2v) is 4.71. The van der Waals surface area contributed by atoms with Crippen LogP contribution in [0.2, 0.25) is 0 Å². The number of methoxy groups -OCH3 is 1. The van der Waals surface area contributed by atoms with Crippen LogP contribution < -0.4 is 5.32 Å². The minimum absolute atomic E-state index is 0.276. The Morgan fingerprint density at radius 1 is 1.47 bits per heavy atom. The van der Waals surface area contributed by atoms with E-state index in [4.69, 9.17) is 0 Å². The third kappa shape index (κ3) is 3.78. The molecule has 3 nitrogen and oxygen atoms in total. The maximum Gasteiger partial charge on any atom is 0.322 e. The van der Waals surface area contributed by atoms with E-state index in [1.165, 1.54) is 13.2 Å². The lowest BCUT2D eigenvalue weighted by atomic mass is 10.1. The van der Waals surface area contributed by atoms with Gasteiger partial charge in [-0.2, -0.15) is 0 Å². The fourth-order valence-corrected chi connectivity index (χ4v) is 1.93. The highest BCUT2D eigenvalue weighted by atomic mass is 79.9. The van der Waals surface area contributed by atoms with Gasteiger partial charge >= 0.3 is 5.97 Å². The van der Waals surface area contributed by atoms with Crippen LogP contribution in [0.15, 0.2) is 22.7 Å². The summed E-state index contributed by atoms with van der Waals surface area (Å²) in [4.78, 5) is 11.2. The van der Waals surface area contributed by atoms with Gasteiger partial charge in [0.1, 0.15) is 11.9 Å². The number of hydrogen-bond acceptors (Lipinski definition) is 3. The first-order chi connectivity index (χ1) is 7.95. The minimum atomic E-state index is -0.478. The molecule has 0 amide bonds. The Morgan fingerprint density at radius 2 is 2.12 bits per heavy atom. The van der Waals surface area contributed by atoms with Gasteiger partial charge in [0.15, 0.2) is 0 Å². The molecule has 0 aliphatic carbocycles. The van der Waals surface area contributed by atoms with Gasteiger partial charge in [0, 0.05) is 16.1 Å². The number of ether oxygens (including phenoxy) is 1. The van der Waals surface area contributed by atoms with Gasteiger partial charge in [-0.3, -0.25) is 10.1 Å². The van der Waals surface area contributed by atoms with Gasteiger partial charge in [0.05, 0.1) is 7.11 Å². The van der Waals surface area contributed by atoms with Crippen LogP contribution in [-0.4, -0.2) is 19.1 Å². The standard InChI is InChI=1S/C12H15BrFNO2/c1-7(15-8(2)12(16)17-3)10-6-9(13)4-5-11(10)14/h4-8,15H,1-3H3. The molecule has 2 unspecified atom stereocenters. The molecule has 1 aromatic carbocycles. The zero-order valence-electron chi connectivity index (χ0n) is 9.96. The Kier molecular flexibility index (Phi) is 5.08. The van der Waals surface area contributed by atoms with Crippen molar-refractivity contribution in [1.29, 1.82) is 0 Å². The quantitative estimate of drug-likeness (QED) is 0.869. The molecule has 0 spiro atoms. The van der Waals surface area contributed by atoms with Gasteiger partial charge in [-0.15, -0.1) is 0 Å². The van der Waals surface area contributed by atoms with Gasteiger partial charge in [0.25, 0.3) is 0 Å². The lowest BCUT2D eigenvalue weighted by molar-refractivity contribution is -0.142. The normalized spacial score (nSPS) is 14.2. The molecule has 0 heterocycles. The number of nitrogens with one attached hydrogen (secondary N) is 1. The van der Waals surface area contributed by atoms with Crippen LogP contribution in [0, 0.1) is 5.82 Å². The number of carbonyl (C=O) groups is 1. The minimum Gasteiger partial charge on any atom is -0.468 e. The van der Waals surface area contributed by atoms with Crippen LogP contribution in [0.4, 0.5) is 4.39 Å². The number of benzene rings is 1. The Balaban J connectivity index is 2.79. The summed E-state index contributed by atoms with van der Waals surface area (Å²) in [6.07, 6.45) is 0. The maximum atomic E-state index is 13.6. The summed E-state index contributed by atoms with van der Waals surface area (Å²) in [6.45, 7) is 3.47. The predicted molar refractivity (Wildman–Crippen MR) is 67.1 cm³/mol. The van der Waals surface area contributed by atoms with Crippen molar-refractivity contribution in [2.75, 3.05) is 7.11 Å². The molecule has 94 valence electrons. The molecular weight excluding hydrogens is 289 g/mol. The van der Waals surface area contributed by atoms with Crippen molar-refractivity contribution in [3.8, 4) is 0 Å². The molecule has 1 N–H and O–H groups in total. The molecule has 17 heavy (non-hydrogen) atoms. The van der Waals surface area contributed by atoms with Crippen molar-refractivity contribution in [2.45, 2.75) is 25.9 Å². The fourth-order valence-electron chi connectivity index (χ4n) is 1.56. The average Bonchev–Trinajstić information content (AvgIpc) is 2.30. The highest BCUT2D eigenvalue weighted by Crippen LogP contribution is 2.21.